The summed E-state index contributed by atoms with van der Waals surface area (Å²) >= 11 is 6.51. The summed E-state index contributed by atoms with van der Waals surface area (Å²) in [5, 5.41) is 0.986. The second-order valence-electron chi connectivity index (χ2n) is 10.5. The minimum absolute atomic E-state index is 0.00559. The van der Waals surface area contributed by atoms with Gasteiger partial charge in [-0.15, -0.1) is 0 Å². The molecule has 1 atom stereocenters. The molecular weight excluding hydrogens is 564 g/mol. The number of aryl methyl sites for hydroxylation is 1. The summed E-state index contributed by atoms with van der Waals surface area (Å²) in [5.74, 6) is -1.07. The Morgan fingerprint density at radius 3 is 2.71 bits per heavy atom. The maximum absolute atomic E-state index is 16.2. The van der Waals surface area contributed by atoms with Gasteiger partial charge in [-0.1, -0.05) is 23.7 Å². The number of halogens is 3. The Balaban J connectivity index is 1.30. The summed E-state index contributed by atoms with van der Waals surface area (Å²) in [6.45, 7) is 2.27. The topological polar surface area (TPSA) is 97.2 Å². The number of methoxy groups -OCH3 is 1. The Bertz CT molecular complexity index is 1730. The molecule has 1 aliphatic carbocycles. The molecule has 1 saturated carbocycles. The van der Waals surface area contributed by atoms with Gasteiger partial charge in [-0.25, -0.2) is 18.7 Å². The second-order valence-corrected chi connectivity index (χ2v) is 10.9. The average molecular weight is 592 g/mol. The lowest BCUT2D eigenvalue weighted by Crippen LogP contribution is -2.37. The Labute approximate surface area is 246 Å². The number of amides is 1. The summed E-state index contributed by atoms with van der Waals surface area (Å²) in [7, 11) is 3.21. The first-order valence-electron chi connectivity index (χ1n) is 13.6. The van der Waals surface area contributed by atoms with E-state index in [-0.39, 0.29) is 35.7 Å². The van der Waals surface area contributed by atoms with Crippen molar-refractivity contribution < 1.29 is 18.3 Å². The monoisotopic (exact) mass is 591 g/mol. The first-order chi connectivity index (χ1) is 20.2. The van der Waals surface area contributed by atoms with Crippen molar-refractivity contribution in [1.82, 2.24) is 29.8 Å². The molecule has 216 valence electrons. The molecule has 4 heterocycles. The molecule has 1 saturated heterocycles. The van der Waals surface area contributed by atoms with E-state index in [1.54, 1.807) is 26.2 Å². The standard InChI is InChI=1S/C30H28ClF2N7O2/c1-16-34-11-9-18(36-16)13-23(32)29(41)40-12-10-19(15-40)39(2)28-21-14-35-26(25(33)27(21)37-30(38-28)42-3)20-5-4-6-22(31)24(20)17-7-8-17/h4-6,9,11,13-14,17,19H,7-8,10,12,15H2,1-3H3/b23-13-. The number of rotatable bonds is 7. The molecule has 0 spiro atoms. The fourth-order valence-electron chi connectivity index (χ4n) is 5.41. The van der Waals surface area contributed by atoms with E-state index in [1.165, 1.54) is 24.3 Å². The molecular formula is C30H28ClF2N7O2. The predicted molar refractivity (Wildman–Crippen MR) is 156 cm³/mol. The molecule has 0 N–H and O–H groups in total. The SMILES string of the molecule is COc1nc(N(C)C2CCN(C(=O)/C(F)=C/c3ccnc(C)n3)C2)c2cnc(-c3cccc(Cl)c3C3CC3)c(F)c2n1. The molecule has 9 nitrogen and oxygen atoms in total. The molecule has 3 aromatic heterocycles. The van der Waals surface area contributed by atoms with Gasteiger partial charge in [0.2, 0.25) is 0 Å². The molecule has 12 heteroatoms. The van der Waals surface area contributed by atoms with Crippen LogP contribution in [0.15, 0.2) is 42.5 Å². The molecule has 6 rings (SSSR count). The third kappa shape index (κ3) is 5.24. The Morgan fingerprint density at radius 2 is 1.98 bits per heavy atom. The summed E-state index contributed by atoms with van der Waals surface area (Å²) in [4.78, 5) is 37.6. The van der Waals surface area contributed by atoms with Gasteiger partial charge in [0.05, 0.1) is 18.2 Å². The number of carbonyl (C=O) groups is 1. The van der Waals surface area contributed by atoms with Crippen LogP contribution in [0.4, 0.5) is 14.6 Å². The van der Waals surface area contributed by atoms with Gasteiger partial charge in [0.25, 0.3) is 5.91 Å². The van der Waals surface area contributed by atoms with Crippen LogP contribution in [0.3, 0.4) is 0 Å². The van der Waals surface area contributed by atoms with Crippen molar-refractivity contribution >= 4 is 40.3 Å². The fourth-order valence-corrected chi connectivity index (χ4v) is 5.74. The Morgan fingerprint density at radius 1 is 1.17 bits per heavy atom. The molecule has 0 radical (unpaired) electrons. The average Bonchev–Trinajstić information content (AvgIpc) is 3.70. The van der Waals surface area contributed by atoms with Gasteiger partial charge in [0.15, 0.2) is 11.6 Å². The highest BCUT2D eigenvalue weighted by Gasteiger charge is 2.34. The zero-order chi connectivity index (χ0) is 29.5. The largest absolute Gasteiger partial charge is 0.467 e. The first-order valence-corrected chi connectivity index (χ1v) is 14.0. The van der Waals surface area contributed by atoms with E-state index < -0.39 is 17.6 Å². The molecule has 1 aromatic carbocycles. The molecule has 2 fully saturated rings. The van der Waals surface area contributed by atoms with Crippen molar-refractivity contribution in [2.75, 3.05) is 32.1 Å². The number of aromatic nitrogens is 5. The molecule has 1 unspecified atom stereocenters. The highest BCUT2D eigenvalue weighted by molar-refractivity contribution is 6.32. The molecule has 0 bridgehead atoms. The first kappa shape index (κ1) is 27.9. The second kappa shape index (κ2) is 11.2. The quantitative estimate of drug-likeness (QED) is 0.259. The number of nitrogens with zero attached hydrogens (tertiary/aromatic N) is 7. The van der Waals surface area contributed by atoms with Gasteiger partial charge in [0.1, 0.15) is 22.9 Å². The van der Waals surface area contributed by atoms with Crippen LogP contribution in [-0.4, -0.2) is 69.0 Å². The van der Waals surface area contributed by atoms with Crippen LogP contribution in [0.25, 0.3) is 28.2 Å². The highest BCUT2D eigenvalue weighted by atomic mass is 35.5. The zero-order valence-electron chi connectivity index (χ0n) is 23.3. The Hall–Kier alpha value is -4.25. The zero-order valence-corrected chi connectivity index (χ0v) is 24.1. The van der Waals surface area contributed by atoms with Crippen LogP contribution >= 0.6 is 11.6 Å². The molecule has 2 aliphatic rings. The predicted octanol–water partition coefficient (Wildman–Crippen LogP) is 5.52. The van der Waals surface area contributed by atoms with Crippen LogP contribution in [0.5, 0.6) is 6.01 Å². The van der Waals surface area contributed by atoms with Crippen LogP contribution < -0.4 is 9.64 Å². The summed E-state index contributed by atoms with van der Waals surface area (Å²) in [6, 6.07) is 6.73. The highest BCUT2D eigenvalue weighted by Crippen LogP contribution is 2.48. The summed E-state index contributed by atoms with van der Waals surface area (Å²) in [6.07, 6.45) is 6.72. The normalized spacial score (nSPS) is 17.1. The fraction of sp³-hybridized carbons (Fsp3) is 0.333. The number of hydrogen-bond donors (Lipinski definition) is 0. The van der Waals surface area contributed by atoms with Crippen LogP contribution in [0.2, 0.25) is 5.02 Å². The van der Waals surface area contributed by atoms with Crippen molar-refractivity contribution in [1.29, 1.82) is 0 Å². The van der Waals surface area contributed by atoms with Crippen LogP contribution in [0, 0.1) is 12.7 Å². The van der Waals surface area contributed by atoms with Crippen molar-refractivity contribution in [2.24, 2.45) is 0 Å². The minimum Gasteiger partial charge on any atom is -0.467 e. The van der Waals surface area contributed by atoms with E-state index in [9.17, 15) is 9.18 Å². The van der Waals surface area contributed by atoms with Gasteiger partial charge in [-0.2, -0.15) is 9.97 Å². The smallest absolute Gasteiger partial charge is 0.318 e. The van der Waals surface area contributed by atoms with E-state index in [4.69, 9.17) is 16.3 Å². The number of carbonyl (C=O) groups excluding carboxylic acids is 1. The number of benzene rings is 1. The third-order valence-corrected chi connectivity index (χ3v) is 8.06. The van der Waals surface area contributed by atoms with E-state index in [2.05, 4.69) is 24.9 Å². The number of likely N-dealkylation sites (tertiary alicyclic amines) is 1. The van der Waals surface area contributed by atoms with E-state index in [0.29, 0.717) is 46.3 Å². The number of fused-ring (bicyclic) bond motifs is 1. The van der Waals surface area contributed by atoms with E-state index in [1.807, 2.05) is 17.0 Å². The summed E-state index contributed by atoms with van der Waals surface area (Å²) < 4.78 is 36.4. The van der Waals surface area contributed by atoms with Crippen molar-refractivity contribution in [3.63, 3.8) is 0 Å². The number of anilines is 1. The lowest BCUT2D eigenvalue weighted by Gasteiger charge is -2.27. The van der Waals surface area contributed by atoms with Crippen molar-refractivity contribution in [2.45, 2.75) is 38.1 Å². The molecule has 1 aliphatic heterocycles. The van der Waals surface area contributed by atoms with Crippen molar-refractivity contribution in [3.05, 3.63) is 70.4 Å². The lowest BCUT2D eigenvalue weighted by atomic mass is 9.99. The van der Waals surface area contributed by atoms with E-state index in [0.717, 1.165) is 24.5 Å². The van der Waals surface area contributed by atoms with Gasteiger partial charge in [0, 0.05) is 55.2 Å². The van der Waals surface area contributed by atoms with Gasteiger partial charge >= 0.3 is 6.01 Å². The van der Waals surface area contributed by atoms with Crippen LogP contribution in [0.1, 0.15) is 42.3 Å². The van der Waals surface area contributed by atoms with Crippen molar-refractivity contribution in [3.8, 4) is 17.3 Å². The van der Waals surface area contributed by atoms with Gasteiger partial charge < -0.3 is 14.5 Å². The number of likely N-dealkylation sites (N-methyl/N-ethyl adjacent to an activating group) is 1. The number of pyridine rings is 1. The van der Waals surface area contributed by atoms with Crippen LogP contribution in [-0.2, 0) is 4.79 Å². The van der Waals surface area contributed by atoms with Gasteiger partial charge in [-0.3, -0.25) is 9.78 Å². The molecule has 42 heavy (non-hydrogen) atoms. The summed E-state index contributed by atoms with van der Waals surface area (Å²) in [5.41, 5.74) is 2.09. The lowest BCUT2D eigenvalue weighted by molar-refractivity contribution is -0.127. The number of hydrogen-bond acceptors (Lipinski definition) is 8. The minimum atomic E-state index is -0.907. The van der Waals surface area contributed by atoms with E-state index >= 15 is 4.39 Å². The number of ether oxygens (including phenoxy) is 1. The molecule has 1 amide bonds. The Kier molecular flexibility index (Phi) is 7.44. The maximum atomic E-state index is 16.2. The molecule has 4 aromatic rings. The van der Waals surface area contributed by atoms with Gasteiger partial charge in [-0.05, 0) is 49.8 Å². The third-order valence-electron chi connectivity index (χ3n) is 7.73. The maximum Gasteiger partial charge on any atom is 0.318 e.